The van der Waals surface area contributed by atoms with Crippen molar-refractivity contribution in [3.05, 3.63) is 53.6 Å². The maximum absolute atomic E-state index is 13.7. The van der Waals surface area contributed by atoms with Crippen LogP contribution in [0.15, 0.2) is 41.3 Å². The minimum Gasteiger partial charge on any atom is -0.452 e. The molecule has 8 nitrogen and oxygen atoms in total. The fourth-order valence-corrected chi connectivity index (χ4v) is 4.20. The fourth-order valence-electron chi connectivity index (χ4n) is 3.27. The Morgan fingerprint density at radius 1 is 1.09 bits per heavy atom. The average Bonchev–Trinajstić information content (AvgIpc) is 3.28. The molecule has 0 aliphatic carbocycles. The number of halogens is 2. The van der Waals surface area contributed by atoms with E-state index in [2.05, 4.69) is 5.32 Å². The van der Waals surface area contributed by atoms with Gasteiger partial charge in [-0.3, -0.25) is 4.79 Å². The molecule has 1 aliphatic heterocycles. The highest BCUT2D eigenvalue weighted by atomic mass is 32.2. The topological polar surface area (TPSA) is 96.0 Å². The second kappa shape index (κ2) is 9.61. The summed E-state index contributed by atoms with van der Waals surface area (Å²) >= 11 is 0. The predicted octanol–water partition coefficient (Wildman–Crippen LogP) is 2.61. The average molecular weight is 467 g/mol. The first kappa shape index (κ1) is 23.6. The Kier molecular flexibility index (Phi) is 7.09. The summed E-state index contributed by atoms with van der Waals surface area (Å²) in [6.45, 7) is 0.623. The Labute approximate surface area is 184 Å². The Hall–Kier alpha value is -3.05. The second-order valence-electron chi connectivity index (χ2n) is 7.41. The standard InChI is InChI=1S/C21H23F2N3O5S/c1-25(2)32(29,30)15-6-8-19(26-9-3-4-10-26)16(12-15)21(28)31-13-20(27)24-18-11-14(22)5-7-17(18)23/h5-8,11-12H,3-4,9-10,13H2,1-2H3,(H,24,27). The van der Waals surface area contributed by atoms with Gasteiger partial charge < -0.3 is 15.0 Å². The Morgan fingerprint density at radius 2 is 1.78 bits per heavy atom. The van der Waals surface area contributed by atoms with E-state index in [1.807, 2.05) is 4.90 Å². The number of nitrogens with zero attached hydrogens (tertiary/aromatic N) is 2. The van der Waals surface area contributed by atoms with Crippen molar-refractivity contribution in [2.24, 2.45) is 0 Å². The zero-order valence-electron chi connectivity index (χ0n) is 17.6. The van der Waals surface area contributed by atoms with E-state index in [-0.39, 0.29) is 16.1 Å². The lowest BCUT2D eigenvalue weighted by molar-refractivity contribution is -0.119. The van der Waals surface area contributed by atoms with Crippen LogP contribution >= 0.6 is 0 Å². The van der Waals surface area contributed by atoms with Gasteiger partial charge in [0.05, 0.1) is 21.8 Å². The zero-order valence-corrected chi connectivity index (χ0v) is 18.4. The Morgan fingerprint density at radius 3 is 2.44 bits per heavy atom. The van der Waals surface area contributed by atoms with Crippen molar-refractivity contribution < 1.29 is 31.5 Å². The number of hydrogen-bond acceptors (Lipinski definition) is 6. The number of benzene rings is 2. The van der Waals surface area contributed by atoms with E-state index in [0.717, 1.165) is 35.3 Å². The number of carbonyl (C=O) groups excluding carboxylic acids is 2. The summed E-state index contributed by atoms with van der Waals surface area (Å²) in [5.41, 5.74) is 0.115. The van der Waals surface area contributed by atoms with Crippen LogP contribution in [-0.2, 0) is 19.6 Å². The van der Waals surface area contributed by atoms with Crippen LogP contribution in [0.1, 0.15) is 23.2 Å². The van der Waals surface area contributed by atoms with Crippen molar-refractivity contribution >= 4 is 33.3 Å². The molecule has 32 heavy (non-hydrogen) atoms. The Bertz CT molecular complexity index is 1130. The van der Waals surface area contributed by atoms with Crippen LogP contribution in [0, 0.1) is 11.6 Å². The molecule has 0 saturated carbocycles. The van der Waals surface area contributed by atoms with Crippen LogP contribution in [-0.4, -0.2) is 58.4 Å². The molecule has 1 heterocycles. The molecular formula is C21H23F2N3O5S. The van der Waals surface area contributed by atoms with Crippen LogP contribution in [0.5, 0.6) is 0 Å². The number of sulfonamides is 1. The van der Waals surface area contributed by atoms with Crippen LogP contribution in [0.4, 0.5) is 20.2 Å². The van der Waals surface area contributed by atoms with Crippen LogP contribution in [0.3, 0.4) is 0 Å². The van der Waals surface area contributed by atoms with E-state index < -0.39 is 40.1 Å². The van der Waals surface area contributed by atoms with Crippen LogP contribution in [0.25, 0.3) is 0 Å². The maximum Gasteiger partial charge on any atom is 0.340 e. The number of amides is 1. The molecule has 2 aromatic carbocycles. The van der Waals surface area contributed by atoms with E-state index in [0.29, 0.717) is 18.8 Å². The van der Waals surface area contributed by atoms with Gasteiger partial charge in [-0.2, -0.15) is 0 Å². The van der Waals surface area contributed by atoms with Gasteiger partial charge in [0, 0.05) is 33.3 Å². The van der Waals surface area contributed by atoms with Gasteiger partial charge in [0.15, 0.2) is 6.61 Å². The number of carbonyl (C=O) groups is 2. The molecule has 1 saturated heterocycles. The van der Waals surface area contributed by atoms with Crippen LogP contribution in [0.2, 0.25) is 0 Å². The maximum atomic E-state index is 13.7. The van der Waals surface area contributed by atoms with Gasteiger partial charge in [-0.15, -0.1) is 0 Å². The van der Waals surface area contributed by atoms with Gasteiger partial charge in [-0.25, -0.2) is 26.3 Å². The lowest BCUT2D eigenvalue weighted by Gasteiger charge is -2.22. The summed E-state index contributed by atoms with van der Waals surface area (Å²) in [6.07, 6.45) is 1.85. The summed E-state index contributed by atoms with van der Waals surface area (Å²) in [5, 5.41) is 2.13. The molecule has 0 unspecified atom stereocenters. The minimum atomic E-state index is -3.80. The second-order valence-corrected chi connectivity index (χ2v) is 9.56. The van der Waals surface area contributed by atoms with Gasteiger partial charge in [0.2, 0.25) is 10.0 Å². The monoisotopic (exact) mass is 467 g/mol. The summed E-state index contributed by atoms with van der Waals surface area (Å²) in [4.78, 5) is 26.7. The van der Waals surface area contributed by atoms with E-state index in [4.69, 9.17) is 4.74 Å². The summed E-state index contributed by atoms with van der Waals surface area (Å²) in [6, 6.07) is 6.74. The van der Waals surface area contributed by atoms with Crippen LogP contribution < -0.4 is 10.2 Å². The molecule has 0 bridgehead atoms. The molecule has 1 N–H and O–H groups in total. The highest BCUT2D eigenvalue weighted by molar-refractivity contribution is 7.89. The molecule has 0 radical (unpaired) electrons. The van der Waals surface area contributed by atoms with Crippen molar-refractivity contribution in [3.8, 4) is 0 Å². The largest absolute Gasteiger partial charge is 0.452 e. The SMILES string of the molecule is CN(C)S(=O)(=O)c1ccc(N2CCCC2)c(C(=O)OCC(=O)Nc2cc(F)ccc2F)c1. The lowest BCUT2D eigenvalue weighted by atomic mass is 10.1. The van der Waals surface area contributed by atoms with Gasteiger partial charge in [-0.05, 0) is 43.2 Å². The van der Waals surface area contributed by atoms with Gasteiger partial charge >= 0.3 is 5.97 Å². The third kappa shape index (κ3) is 5.22. The van der Waals surface area contributed by atoms with E-state index >= 15 is 0 Å². The molecule has 11 heteroatoms. The normalized spacial score (nSPS) is 14.0. The predicted molar refractivity (Wildman–Crippen MR) is 114 cm³/mol. The molecule has 0 spiro atoms. The molecule has 3 rings (SSSR count). The first-order valence-electron chi connectivity index (χ1n) is 9.83. The summed E-state index contributed by atoms with van der Waals surface area (Å²) in [5.74, 6) is -3.36. The number of anilines is 2. The number of rotatable bonds is 7. The summed E-state index contributed by atoms with van der Waals surface area (Å²) < 4.78 is 58.0. The molecule has 1 fully saturated rings. The molecule has 1 amide bonds. The smallest absolute Gasteiger partial charge is 0.340 e. The van der Waals surface area contributed by atoms with E-state index in [1.165, 1.54) is 26.2 Å². The first-order valence-corrected chi connectivity index (χ1v) is 11.3. The Balaban J connectivity index is 1.80. The van der Waals surface area contributed by atoms with Crippen molar-refractivity contribution in [2.45, 2.75) is 17.7 Å². The third-order valence-corrected chi connectivity index (χ3v) is 6.76. The fraction of sp³-hybridized carbons (Fsp3) is 0.333. The van der Waals surface area contributed by atoms with E-state index in [9.17, 15) is 26.8 Å². The van der Waals surface area contributed by atoms with Crippen molar-refractivity contribution in [2.75, 3.05) is 44.0 Å². The van der Waals surface area contributed by atoms with Crippen molar-refractivity contribution in [1.29, 1.82) is 0 Å². The van der Waals surface area contributed by atoms with Gasteiger partial charge in [-0.1, -0.05) is 0 Å². The van der Waals surface area contributed by atoms with Gasteiger partial charge in [0.25, 0.3) is 5.91 Å². The van der Waals surface area contributed by atoms with Crippen molar-refractivity contribution in [1.82, 2.24) is 4.31 Å². The number of hydrogen-bond donors (Lipinski definition) is 1. The number of nitrogens with one attached hydrogen (secondary N) is 1. The molecule has 0 aromatic heterocycles. The molecule has 172 valence electrons. The van der Waals surface area contributed by atoms with E-state index in [1.54, 1.807) is 6.07 Å². The highest BCUT2D eigenvalue weighted by Crippen LogP contribution is 2.28. The lowest BCUT2D eigenvalue weighted by Crippen LogP contribution is -2.26. The molecule has 0 atom stereocenters. The number of ether oxygens (including phenoxy) is 1. The minimum absolute atomic E-state index is 0.000406. The zero-order chi connectivity index (χ0) is 23.5. The third-order valence-electron chi connectivity index (χ3n) is 4.95. The quantitative estimate of drug-likeness (QED) is 0.629. The highest BCUT2D eigenvalue weighted by Gasteiger charge is 2.25. The summed E-state index contributed by atoms with van der Waals surface area (Å²) in [7, 11) is -1.06. The van der Waals surface area contributed by atoms with Gasteiger partial charge in [0.1, 0.15) is 11.6 Å². The number of esters is 1. The molecular weight excluding hydrogens is 444 g/mol. The molecule has 1 aliphatic rings. The first-order chi connectivity index (χ1) is 15.1. The van der Waals surface area contributed by atoms with Crippen molar-refractivity contribution in [3.63, 3.8) is 0 Å². The molecule has 2 aromatic rings.